The standard InChI is InChI=1S/C22H23NO3/c1-15(2)22(17-11-7-4-8-12-17)13-18(22)20(24)23-19(14-26-21(23)25)16-9-5-3-6-10-16/h3-12,15,18-19H,13-14H2,1-2H3/t18-,19+,22-/m1/s1. The lowest BCUT2D eigenvalue weighted by molar-refractivity contribution is -0.131. The minimum absolute atomic E-state index is 0.112. The Hall–Kier alpha value is -2.62. The summed E-state index contributed by atoms with van der Waals surface area (Å²) in [5.41, 5.74) is 1.92. The van der Waals surface area contributed by atoms with Crippen molar-refractivity contribution in [2.45, 2.75) is 31.7 Å². The molecule has 2 aromatic rings. The molecular weight excluding hydrogens is 326 g/mol. The molecule has 0 radical (unpaired) electrons. The second kappa shape index (κ2) is 6.27. The fraction of sp³-hybridized carbons (Fsp3) is 0.364. The molecule has 134 valence electrons. The molecule has 2 aromatic carbocycles. The molecule has 3 atom stereocenters. The van der Waals surface area contributed by atoms with Crippen LogP contribution >= 0.6 is 0 Å². The first kappa shape index (κ1) is 16.8. The van der Waals surface area contributed by atoms with E-state index in [1.807, 2.05) is 48.5 Å². The second-order valence-corrected chi connectivity index (χ2v) is 7.53. The first-order valence-electron chi connectivity index (χ1n) is 9.16. The van der Waals surface area contributed by atoms with Crippen molar-refractivity contribution in [2.75, 3.05) is 6.61 Å². The number of ether oxygens (including phenoxy) is 1. The molecule has 0 N–H and O–H groups in total. The number of hydrogen-bond acceptors (Lipinski definition) is 3. The van der Waals surface area contributed by atoms with Gasteiger partial charge in [-0.1, -0.05) is 74.5 Å². The molecular formula is C22H23NO3. The zero-order valence-electron chi connectivity index (χ0n) is 15.1. The molecule has 4 nitrogen and oxygen atoms in total. The number of amides is 2. The summed E-state index contributed by atoms with van der Waals surface area (Å²) in [6, 6.07) is 19.5. The Labute approximate surface area is 153 Å². The largest absolute Gasteiger partial charge is 0.446 e. The summed E-state index contributed by atoms with van der Waals surface area (Å²) >= 11 is 0. The maximum atomic E-state index is 13.3. The Kier molecular flexibility index (Phi) is 4.06. The maximum absolute atomic E-state index is 13.3. The van der Waals surface area contributed by atoms with Crippen LogP contribution in [0, 0.1) is 11.8 Å². The molecule has 0 bridgehead atoms. The zero-order valence-corrected chi connectivity index (χ0v) is 15.1. The van der Waals surface area contributed by atoms with Gasteiger partial charge in [0.25, 0.3) is 0 Å². The molecule has 4 rings (SSSR count). The molecule has 1 aliphatic carbocycles. The highest BCUT2D eigenvalue weighted by atomic mass is 16.6. The van der Waals surface area contributed by atoms with E-state index in [1.54, 1.807) is 0 Å². The first-order chi connectivity index (χ1) is 12.6. The number of benzene rings is 2. The summed E-state index contributed by atoms with van der Waals surface area (Å²) in [6.07, 6.45) is 0.250. The summed E-state index contributed by atoms with van der Waals surface area (Å²) in [6.45, 7) is 4.52. The third kappa shape index (κ3) is 2.52. The van der Waals surface area contributed by atoms with Gasteiger partial charge >= 0.3 is 6.09 Å². The monoisotopic (exact) mass is 349 g/mol. The molecule has 1 saturated heterocycles. The summed E-state index contributed by atoms with van der Waals surface area (Å²) < 4.78 is 5.23. The van der Waals surface area contributed by atoms with E-state index in [0.29, 0.717) is 5.92 Å². The van der Waals surface area contributed by atoms with Gasteiger partial charge in [0.05, 0.1) is 0 Å². The molecule has 4 heteroatoms. The Morgan fingerprint density at radius 2 is 1.69 bits per heavy atom. The molecule has 0 aromatic heterocycles. The summed E-state index contributed by atoms with van der Waals surface area (Å²) in [5, 5.41) is 0. The van der Waals surface area contributed by atoms with Gasteiger partial charge in [0.1, 0.15) is 12.6 Å². The average molecular weight is 349 g/mol. The molecule has 1 saturated carbocycles. The highest BCUT2D eigenvalue weighted by Crippen LogP contribution is 2.60. The van der Waals surface area contributed by atoms with Crippen molar-refractivity contribution in [1.82, 2.24) is 4.90 Å². The normalized spacial score (nSPS) is 27.5. The molecule has 0 unspecified atom stereocenters. The predicted octanol–water partition coefficient (Wildman–Crippen LogP) is 4.32. The van der Waals surface area contributed by atoms with E-state index in [-0.39, 0.29) is 29.9 Å². The van der Waals surface area contributed by atoms with Crippen LogP contribution in [-0.2, 0) is 14.9 Å². The quantitative estimate of drug-likeness (QED) is 0.826. The number of cyclic esters (lactones) is 1. The van der Waals surface area contributed by atoms with E-state index in [0.717, 1.165) is 12.0 Å². The molecule has 0 spiro atoms. The lowest BCUT2D eigenvalue weighted by Gasteiger charge is -2.25. The lowest BCUT2D eigenvalue weighted by Crippen LogP contribution is -2.37. The molecule has 2 fully saturated rings. The van der Waals surface area contributed by atoms with Gasteiger partial charge in [-0.25, -0.2) is 9.69 Å². The second-order valence-electron chi connectivity index (χ2n) is 7.53. The van der Waals surface area contributed by atoms with Crippen LogP contribution in [0.15, 0.2) is 60.7 Å². The van der Waals surface area contributed by atoms with Gasteiger partial charge in [0, 0.05) is 11.3 Å². The number of nitrogens with zero attached hydrogens (tertiary/aromatic N) is 1. The molecule has 1 heterocycles. The van der Waals surface area contributed by atoms with Gasteiger partial charge in [-0.15, -0.1) is 0 Å². The topological polar surface area (TPSA) is 46.6 Å². The molecule has 26 heavy (non-hydrogen) atoms. The van der Waals surface area contributed by atoms with E-state index in [2.05, 4.69) is 26.0 Å². The smallest absolute Gasteiger partial charge is 0.417 e. The predicted molar refractivity (Wildman–Crippen MR) is 98.4 cm³/mol. The van der Waals surface area contributed by atoms with E-state index in [9.17, 15) is 9.59 Å². The van der Waals surface area contributed by atoms with Crippen LogP contribution in [0.1, 0.15) is 37.4 Å². The maximum Gasteiger partial charge on any atom is 0.417 e. The summed E-state index contributed by atoms with van der Waals surface area (Å²) in [4.78, 5) is 27.0. The van der Waals surface area contributed by atoms with E-state index in [4.69, 9.17) is 4.74 Å². The van der Waals surface area contributed by atoms with Gasteiger partial charge in [-0.3, -0.25) is 4.79 Å². The van der Waals surface area contributed by atoms with Crippen molar-refractivity contribution in [1.29, 1.82) is 0 Å². The van der Waals surface area contributed by atoms with Crippen LogP contribution in [0.25, 0.3) is 0 Å². The van der Waals surface area contributed by atoms with Crippen molar-refractivity contribution >= 4 is 12.0 Å². The number of carbonyl (C=O) groups excluding carboxylic acids is 2. The highest BCUT2D eigenvalue weighted by molar-refractivity contribution is 5.97. The van der Waals surface area contributed by atoms with Crippen LogP contribution in [0.3, 0.4) is 0 Å². The summed E-state index contributed by atoms with van der Waals surface area (Å²) in [7, 11) is 0. The van der Waals surface area contributed by atoms with Crippen molar-refractivity contribution in [3.8, 4) is 0 Å². The van der Waals surface area contributed by atoms with Gasteiger partial charge in [0.2, 0.25) is 5.91 Å². The van der Waals surface area contributed by atoms with Gasteiger partial charge in [-0.2, -0.15) is 0 Å². The number of hydrogen-bond donors (Lipinski definition) is 0. The SMILES string of the molecule is CC(C)[C@@]1(c2ccccc2)C[C@@H]1C(=O)N1C(=O)OC[C@H]1c1ccccc1. The third-order valence-electron chi connectivity index (χ3n) is 5.94. The van der Waals surface area contributed by atoms with Crippen LogP contribution in [0.4, 0.5) is 4.79 Å². The van der Waals surface area contributed by atoms with Crippen LogP contribution in [0.2, 0.25) is 0 Å². The number of rotatable bonds is 4. The van der Waals surface area contributed by atoms with Crippen molar-refractivity contribution in [2.24, 2.45) is 11.8 Å². The van der Waals surface area contributed by atoms with Gasteiger partial charge in [-0.05, 0) is 23.5 Å². The molecule has 2 amide bonds. The molecule has 1 aliphatic heterocycles. The fourth-order valence-corrected chi connectivity index (χ4v) is 4.38. The summed E-state index contributed by atoms with van der Waals surface area (Å²) in [5.74, 6) is 0.0216. The van der Waals surface area contributed by atoms with E-state index < -0.39 is 6.09 Å². The lowest BCUT2D eigenvalue weighted by atomic mass is 9.82. The third-order valence-corrected chi connectivity index (χ3v) is 5.94. The van der Waals surface area contributed by atoms with Gasteiger partial charge in [0.15, 0.2) is 0 Å². The van der Waals surface area contributed by atoms with Crippen molar-refractivity contribution < 1.29 is 14.3 Å². The zero-order chi connectivity index (χ0) is 18.3. The van der Waals surface area contributed by atoms with Crippen molar-refractivity contribution in [3.63, 3.8) is 0 Å². The number of carbonyl (C=O) groups is 2. The van der Waals surface area contributed by atoms with E-state index >= 15 is 0 Å². The minimum Gasteiger partial charge on any atom is -0.446 e. The Morgan fingerprint density at radius 3 is 2.31 bits per heavy atom. The van der Waals surface area contributed by atoms with Crippen LogP contribution in [-0.4, -0.2) is 23.5 Å². The first-order valence-corrected chi connectivity index (χ1v) is 9.16. The Morgan fingerprint density at radius 1 is 1.08 bits per heavy atom. The van der Waals surface area contributed by atoms with Crippen molar-refractivity contribution in [3.05, 3.63) is 71.8 Å². The Bertz CT molecular complexity index is 818. The molecule has 2 aliphatic rings. The average Bonchev–Trinajstić information content (AvgIpc) is 3.33. The van der Waals surface area contributed by atoms with Gasteiger partial charge < -0.3 is 4.74 Å². The Balaban J connectivity index is 1.64. The van der Waals surface area contributed by atoms with E-state index in [1.165, 1.54) is 10.5 Å². The van der Waals surface area contributed by atoms with Crippen LogP contribution < -0.4 is 0 Å². The van der Waals surface area contributed by atoms with Crippen LogP contribution in [0.5, 0.6) is 0 Å². The minimum atomic E-state index is -0.526. The fourth-order valence-electron chi connectivity index (χ4n) is 4.38. The number of imide groups is 1. The highest BCUT2D eigenvalue weighted by Gasteiger charge is 2.63.